The van der Waals surface area contributed by atoms with Crippen molar-refractivity contribution in [3.05, 3.63) is 23.2 Å². The van der Waals surface area contributed by atoms with Gasteiger partial charge in [0.1, 0.15) is 11.5 Å². The fourth-order valence-corrected chi connectivity index (χ4v) is 2.09. The zero-order valence-corrected chi connectivity index (χ0v) is 10.3. The second-order valence-electron chi connectivity index (χ2n) is 4.58. The molecule has 17 heavy (non-hydrogen) atoms. The summed E-state index contributed by atoms with van der Waals surface area (Å²) in [5.74, 6) is 0.931. The highest BCUT2D eigenvalue weighted by Crippen LogP contribution is 2.17. The van der Waals surface area contributed by atoms with Crippen LogP contribution in [-0.2, 0) is 0 Å². The molecule has 0 saturated carbocycles. The lowest BCUT2D eigenvalue weighted by atomic mass is 10.2. The molecular weight excluding hydrogens is 216 g/mol. The van der Waals surface area contributed by atoms with Gasteiger partial charge >= 0.3 is 0 Å². The number of nitrogens with zero attached hydrogens (tertiary/aromatic N) is 4. The summed E-state index contributed by atoms with van der Waals surface area (Å²) in [7, 11) is 0. The molecule has 0 spiro atoms. The van der Waals surface area contributed by atoms with E-state index in [1.54, 1.807) is 6.07 Å². The summed E-state index contributed by atoms with van der Waals surface area (Å²) in [5, 5.41) is 2.85. The van der Waals surface area contributed by atoms with Crippen LogP contribution in [0.1, 0.15) is 13.8 Å². The number of nitroso groups, excluding NO2 is 1. The molecule has 5 heteroatoms. The number of anilines is 1. The Balaban J connectivity index is 1.97. The zero-order valence-electron chi connectivity index (χ0n) is 10.3. The van der Waals surface area contributed by atoms with Gasteiger partial charge in [-0.05, 0) is 31.2 Å². The molecule has 2 rings (SSSR count). The Hall–Kier alpha value is -1.49. The van der Waals surface area contributed by atoms with Gasteiger partial charge < -0.3 is 4.90 Å². The molecule has 0 radical (unpaired) electrons. The van der Waals surface area contributed by atoms with Crippen LogP contribution in [0.3, 0.4) is 0 Å². The van der Waals surface area contributed by atoms with Gasteiger partial charge in [-0.25, -0.2) is 4.98 Å². The van der Waals surface area contributed by atoms with Gasteiger partial charge in [0.2, 0.25) is 0 Å². The molecule has 0 amide bonds. The SMILES string of the molecule is CC(C)N1CCN(c2ccc(N=O)cn2)CC1. The monoisotopic (exact) mass is 234 g/mol. The Bertz CT molecular complexity index is 369. The summed E-state index contributed by atoms with van der Waals surface area (Å²) in [6, 6.07) is 4.18. The second-order valence-corrected chi connectivity index (χ2v) is 4.58. The van der Waals surface area contributed by atoms with E-state index in [0.717, 1.165) is 32.0 Å². The van der Waals surface area contributed by atoms with Crippen LogP contribution in [0.2, 0.25) is 0 Å². The molecule has 92 valence electrons. The van der Waals surface area contributed by atoms with Crippen LogP contribution in [-0.4, -0.2) is 42.1 Å². The van der Waals surface area contributed by atoms with E-state index in [1.807, 2.05) is 6.07 Å². The first-order valence-electron chi connectivity index (χ1n) is 5.99. The molecule has 0 atom stereocenters. The molecule has 0 aromatic carbocycles. The molecule has 1 aliphatic heterocycles. The van der Waals surface area contributed by atoms with Crippen molar-refractivity contribution in [1.82, 2.24) is 9.88 Å². The van der Waals surface area contributed by atoms with E-state index < -0.39 is 0 Å². The van der Waals surface area contributed by atoms with E-state index in [-0.39, 0.29) is 0 Å². The predicted molar refractivity (Wildman–Crippen MR) is 68.6 cm³/mol. The van der Waals surface area contributed by atoms with Crippen molar-refractivity contribution >= 4 is 11.5 Å². The van der Waals surface area contributed by atoms with Gasteiger partial charge in [-0.1, -0.05) is 0 Å². The first-order chi connectivity index (χ1) is 8.20. The van der Waals surface area contributed by atoms with Crippen molar-refractivity contribution in [2.45, 2.75) is 19.9 Å². The third-order valence-corrected chi connectivity index (χ3v) is 3.21. The molecule has 1 saturated heterocycles. The molecule has 0 bridgehead atoms. The molecule has 1 aromatic rings. The minimum absolute atomic E-state index is 0.384. The first kappa shape index (κ1) is 12.0. The number of hydrogen-bond acceptors (Lipinski definition) is 5. The van der Waals surface area contributed by atoms with Gasteiger partial charge in [-0.3, -0.25) is 4.90 Å². The average Bonchev–Trinajstić information content (AvgIpc) is 2.39. The third kappa shape index (κ3) is 2.79. The van der Waals surface area contributed by atoms with Crippen LogP contribution in [0.4, 0.5) is 11.5 Å². The lowest BCUT2D eigenvalue weighted by Crippen LogP contribution is -2.49. The highest BCUT2D eigenvalue weighted by atomic mass is 16.3. The van der Waals surface area contributed by atoms with Crippen molar-refractivity contribution in [3.8, 4) is 0 Å². The van der Waals surface area contributed by atoms with E-state index >= 15 is 0 Å². The zero-order chi connectivity index (χ0) is 12.3. The van der Waals surface area contributed by atoms with Crippen molar-refractivity contribution in [2.24, 2.45) is 5.18 Å². The lowest BCUT2D eigenvalue weighted by molar-refractivity contribution is 0.209. The van der Waals surface area contributed by atoms with Gasteiger partial charge in [0.25, 0.3) is 0 Å². The smallest absolute Gasteiger partial charge is 0.128 e. The predicted octanol–water partition coefficient (Wildman–Crippen LogP) is 2.01. The molecule has 1 aliphatic rings. The van der Waals surface area contributed by atoms with Crippen LogP contribution in [0.15, 0.2) is 23.5 Å². The molecule has 1 fully saturated rings. The second kappa shape index (κ2) is 5.23. The van der Waals surface area contributed by atoms with Crippen molar-refractivity contribution < 1.29 is 0 Å². The van der Waals surface area contributed by atoms with Gasteiger partial charge in [-0.15, -0.1) is 4.91 Å². The Kier molecular flexibility index (Phi) is 3.68. The maximum Gasteiger partial charge on any atom is 0.128 e. The summed E-state index contributed by atoms with van der Waals surface area (Å²) in [6.07, 6.45) is 1.52. The molecule has 1 aromatic heterocycles. The fourth-order valence-electron chi connectivity index (χ4n) is 2.09. The minimum atomic E-state index is 0.384. The number of aromatic nitrogens is 1. The van der Waals surface area contributed by atoms with Crippen molar-refractivity contribution in [1.29, 1.82) is 0 Å². The van der Waals surface area contributed by atoms with Crippen LogP contribution < -0.4 is 4.90 Å². The Labute approximate surface area is 101 Å². The van der Waals surface area contributed by atoms with Crippen molar-refractivity contribution in [3.63, 3.8) is 0 Å². The summed E-state index contributed by atoms with van der Waals surface area (Å²) in [6.45, 7) is 8.54. The van der Waals surface area contributed by atoms with Gasteiger partial charge in [0, 0.05) is 32.2 Å². The highest BCUT2D eigenvalue weighted by molar-refractivity contribution is 5.45. The first-order valence-corrected chi connectivity index (χ1v) is 5.99. The molecule has 0 unspecified atom stereocenters. The third-order valence-electron chi connectivity index (χ3n) is 3.21. The molecule has 2 heterocycles. The number of rotatable bonds is 3. The molecule has 0 aliphatic carbocycles. The normalized spacial score (nSPS) is 17.5. The van der Waals surface area contributed by atoms with Crippen LogP contribution >= 0.6 is 0 Å². The Morgan fingerprint density at radius 3 is 2.41 bits per heavy atom. The van der Waals surface area contributed by atoms with Crippen molar-refractivity contribution in [2.75, 3.05) is 31.1 Å². The lowest BCUT2D eigenvalue weighted by Gasteiger charge is -2.37. The fraction of sp³-hybridized carbons (Fsp3) is 0.583. The van der Waals surface area contributed by atoms with E-state index in [1.165, 1.54) is 6.20 Å². The summed E-state index contributed by atoms with van der Waals surface area (Å²) < 4.78 is 0. The van der Waals surface area contributed by atoms with Crippen LogP contribution in [0.5, 0.6) is 0 Å². The molecule has 5 nitrogen and oxygen atoms in total. The Morgan fingerprint density at radius 1 is 1.24 bits per heavy atom. The van der Waals surface area contributed by atoms with Crippen LogP contribution in [0, 0.1) is 4.91 Å². The molecule has 0 N–H and O–H groups in total. The van der Waals surface area contributed by atoms with E-state index in [4.69, 9.17) is 0 Å². The maximum absolute atomic E-state index is 10.3. The van der Waals surface area contributed by atoms with E-state index in [0.29, 0.717) is 11.7 Å². The van der Waals surface area contributed by atoms with Gasteiger partial charge in [-0.2, -0.15) is 0 Å². The standard InChI is InChI=1S/C12H18N4O/c1-10(2)15-5-7-16(8-6-15)12-4-3-11(14-17)9-13-12/h3-4,9-10H,5-8H2,1-2H3. The quantitative estimate of drug-likeness (QED) is 0.751. The Morgan fingerprint density at radius 2 is 1.94 bits per heavy atom. The van der Waals surface area contributed by atoms with Crippen LogP contribution in [0.25, 0.3) is 0 Å². The maximum atomic E-state index is 10.3. The van der Waals surface area contributed by atoms with Gasteiger partial charge in [0.05, 0.1) is 6.20 Å². The number of hydrogen-bond donors (Lipinski definition) is 0. The van der Waals surface area contributed by atoms with Gasteiger partial charge in [0.15, 0.2) is 0 Å². The minimum Gasteiger partial charge on any atom is -0.354 e. The largest absolute Gasteiger partial charge is 0.354 e. The molecular formula is C12H18N4O. The summed E-state index contributed by atoms with van der Waals surface area (Å²) in [5.41, 5.74) is 0.384. The summed E-state index contributed by atoms with van der Waals surface area (Å²) in [4.78, 5) is 19.3. The number of pyridine rings is 1. The topological polar surface area (TPSA) is 48.8 Å². The number of piperazine rings is 1. The highest BCUT2D eigenvalue weighted by Gasteiger charge is 2.19. The van der Waals surface area contributed by atoms with E-state index in [2.05, 4.69) is 33.8 Å². The summed E-state index contributed by atoms with van der Waals surface area (Å²) >= 11 is 0. The van der Waals surface area contributed by atoms with E-state index in [9.17, 15) is 4.91 Å². The average molecular weight is 234 g/mol.